The first-order valence-electron chi connectivity index (χ1n) is 9.79. The average Bonchev–Trinajstić information content (AvgIpc) is 3.26. The van der Waals surface area contributed by atoms with Gasteiger partial charge in [-0.2, -0.15) is 13.2 Å². The molecule has 160 valence electrons. The van der Waals surface area contributed by atoms with Gasteiger partial charge in [-0.05, 0) is 66.4 Å². The monoisotopic (exact) mass is 429 g/mol. The SMILES string of the molecule is C=C(CNCCC(F)(F)F)CS(=O)NC(=O)Nc1c2c(cc3c1CCC3)CCC2. The van der Waals surface area contributed by atoms with Crippen LogP contribution in [0.25, 0.3) is 0 Å². The van der Waals surface area contributed by atoms with Crippen molar-refractivity contribution in [3.8, 4) is 0 Å². The van der Waals surface area contributed by atoms with Crippen molar-refractivity contribution >= 4 is 22.7 Å². The van der Waals surface area contributed by atoms with Crippen LogP contribution in [0.4, 0.5) is 23.7 Å². The van der Waals surface area contributed by atoms with Crippen molar-refractivity contribution < 1.29 is 22.2 Å². The second kappa shape index (κ2) is 9.30. The van der Waals surface area contributed by atoms with Crippen molar-refractivity contribution in [3.63, 3.8) is 0 Å². The molecule has 0 radical (unpaired) electrons. The summed E-state index contributed by atoms with van der Waals surface area (Å²) in [4.78, 5) is 12.4. The first kappa shape index (κ1) is 21.8. The molecule has 3 N–H and O–H groups in total. The Labute approximate surface area is 171 Å². The summed E-state index contributed by atoms with van der Waals surface area (Å²) in [6, 6.07) is 1.73. The Morgan fingerprint density at radius 1 is 1.10 bits per heavy atom. The van der Waals surface area contributed by atoms with Gasteiger partial charge in [0.1, 0.15) is 11.0 Å². The van der Waals surface area contributed by atoms with E-state index in [4.69, 9.17) is 0 Å². The van der Waals surface area contributed by atoms with Gasteiger partial charge in [0.15, 0.2) is 0 Å². The Balaban J connectivity index is 1.49. The van der Waals surface area contributed by atoms with E-state index in [0.29, 0.717) is 5.57 Å². The highest BCUT2D eigenvalue weighted by atomic mass is 32.2. The first-order valence-corrected chi connectivity index (χ1v) is 11.1. The molecule has 1 aromatic rings. The maximum absolute atomic E-state index is 12.4. The van der Waals surface area contributed by atoms with E-state index < -0.39 is 29.6 Å². The number of hydrogen-bond acceptors (Lipinski definition) is 3. The zero-order valence-corrected chi connectivity index (χ0v) is 17.0. The lowest BCUT2D eigenvalue weighted by Crippen LogP contribution is -2.34. The molecule has 0 spiro atoms. The summed E-state index contributed by atoms with van der Waals surface area (Å²) < 4.78 is 50.9. The third-order valence-corrected chi connectivity index (χ3v) is 6.30. The number of rotatable bonds is 8. The molecule has 1 unspecified atom stereocenters. The number of carbonyl (C=O) groups excluding carboxylic acids is 1. The van der Waals surface area contributed by atoms with E-state index in [2.05, 4.69) is 28.0 Å². The normalized spacial score (nSPS) is 16.2. The summed E-state index contributed by atoms with van der Waals surface area (Å²) in [6.07, 6.45) is 0.898. The maximum Gasteiger partial charge on any atom is 0.390 e. The van der Waals surface area contributed by atoms with E-state index in [0.717, 1.165) is 44.2 Å². The van der Waals surface area contributed by atoms with Gasteiger partial charge in [-0.3, -0.25) is 4.72 Å². The number of benzene rings is 1. The van der Waals surface area contributed by atoms with Crippen molar-refractivity contribution in [2.24, 2.45) is 0 Å². The van der Waals surface area contributed by atoms with Crippen molar-refractivity contribution in [1.82, 2.24) is 10.0 Å². The molecule has 2 aliphatic rings. The summed E-state index contributed by atoms with van der Waals surface area (Å²) in [6.45, 7) is 3.59. The molecule has 2 aliphatic carbocycles. The van der Waals surface area contributed by atoms with Crippen LogP contribution < -0.4 is 15.4 Å². The quantitative estimate of drug-likeness (QED) is 0.437. The van der Waals surface area contributed by atoms with Gasteiger partial charge in [0.25, 0.3) is 0 Å². The molecule has 1 aromatic carbocycles. The largest absolute Gasteiger partial charge is 0.390 e. The summed E-state index contributed by atoms with van der Waals surface area (Å²) >= 11 is 0. The number of alkyl halides is 3. The molecular weight excluding hydrogens is 403 g/mol. The molecule has 2 amide bonds. The van der Waals surface area contributed by atoms with Gasteiger partial charge in [-0.25, -0.2) is 9.00 Å². The van der Waals surface area contributed by atoms with E-state index >= 15 is 0 Å². The fraction of sp³-hybridized carbons (Fsp3) is 0.550. The van der Waals surface area contributed by atoms with Gasteiger partial charge in [-0.15, -0.1) is 0 Å². The third-order valence-electron chi connectivity index (χ3n) is 5.21. The minimum Gasteiger partial charge on any atom is -0.313 e. The highest BCUT2D eigenvalue weighted by Gasteiger charge is 2.26. The molecule has 0 heterocycles. The van der Waals surface area contributed by atoms with E-state index in [1.165, 1.54) is 22.3 Å². The molecule has 0 saturated carbocycles. The van der Waals surface area contributed by atoms with E-state index in [1.54, 1.807) is 0 Å². The van der Waals surface area contributed by atoms with Gasteiger partial charge in [0, 0.05) is 18.8 Å². The highest BCUT2D eigenvalue weighted by molar-refractivity contribution is 7.83. The zero-order valence-electron chi connectivity index (χ0n) is 16.2. The number of aryl methyl sites for hydroxylation is 2. The first-order chi connectivity index (χ1) is 13.7. The van der Waals surface area contributed by atoms with Crippen LogP contribution in [0.2, 0.25) is 0 Å². The molecule has 3 rings (SSSR count). The van der Waals surface area contributed by atoms with Crippen LogP contribution in [-0.4, -0.2) is 35.3 Å². The standard InChI is InChI=1S/C20H26F3N3O2S/c1-13(11-24-9-8-20(21,22)23)12-29(28)26-19(27)25-18-16-6-2-4-14(16)10-15-5-3-7-17(15)18/h10,24H,1-9,11-12H2,(H2,25,26,27). The molecule has 0 aromatic heterocycles. The van der Waals surface area contributed by atoms with Crippen molar-refractivity contribution in [1.29, 1.82) is 0 Å². The van der Waals surface area contributed by atoms with E-state index in [-0.39, 0.29) is 18.8 Å². The van der Waals surface area contributed by atoms with Crippen LogP contribution in [0.5, 0.6) is 0 Å². The van der Waals surface area contributed by atoms with Gasteiger partial charge >= 0.3 is 12.2 Å². The van der Waals surface area contributed by atoms with Crippen LogP contribution >= 0.6 is 0 Å². The van der Waals surface area contributed by atoms with Gasteiger partial charge < -0.3 is 10.6 Å². The number of anilines is 1. The average molecular weight is 430 g/mol. The van der Waals surface area contributed by atoms with Crippen LogP contribution in [0.3, 0.4) is 0 Å². The zero-order chi connectivity index (χ0) is 21.0. The predicted octanol–water partition coefficient (Wildman–Crippen LogP) is 3.55. The molecular formula is C20H26F3N3O2S. The number of halogens is 3. The molecule has 0 aliphatic heterocycles. The molecule has 5 nitrogen and oxygen atoms in total. The van der Waals surface area contributed by atoms with Gasteiger partial charge in [0.05, 0.1) is 12.2 Å². The fourth-order valence-corrected chi connectivity index (χ4v) is 4.78. The Kier molecular flexibility index (Phi) is 7.00. The topological polar surface area (TPSA) is 70.2 Å². The number of fused-ring (bicyclic) bond motifs is 2. The molecule has 9 heteroatoms. The third kappa shape index (κ3) is 6.05. The molecule has 29 heavy (non-hydrogen) atoms. The number of nitrogens with one attached hydrogen (secondary N) is 3. The lowest BCUT2D eigenvalue weighted by molar-refractivity contribution is -0.133. The lowest BCUT2D eigenvalue weighted by atomic mass is 9.99. The summed E-state index contributed by atoms with van der Waals surface area (Å²) in [5.74, 6) is -0.0164. The Morgan fingerprint density at radius 3 is 2.31 bits per heavy atom. The second-order valence-electron chi connectivity index (χ2n) is 7.57. The second-order valence-corrected chi connectivity index (χ2v) is 8.76. The number of urea groups is 1. The Hall–Kier alpha value is -1.87. The Morgan fingerprint density at radius 2 is 1.72 bits per heavy atom. The van der Waals surface area contributed by atoms with Crippen LogP contribution in [0.15, 0.2) is 18.2 Å². The summed E-state index contributed by atoms with van der Waals surface area (Å²) in [5.41, 5.74) is 6.29. The van der Waals surface area contributed by atoms with E-state index in [9.17, 15) is 22.2 Å². The number of carbonyl (C=O) groups is 1. The van der Waals surface area contributed by atoms with Crippen molar-refractivity contribution in [3.05, 3.63) is 40.5 Å². The minimum absolute atomic E-state index is 0.0164. The minimum atomic E-state index is -4.21. The predicted molar refractivity (Wildman–Crippen MR) is 108 cm³/mol. The number of amides is 2. The maximum atomic E-state index is 12.4. The van der Waals surface area contributed by atoms with Gasteiger partial charge in [0.2, 0.25) is 0 Å². The molecule has 0 bridgehead atoms. The summed E-state index contributed by atoms with van der Waals surface area (Å²) in [5, 5.41) is 5.52. The summed E-state index contributed by atoms with van der Waals surface area (Å²) in [7, 11) is -1.70. The van der Waals surface area contributed by atoms with Crippen LogP contribution in [0.1, 0.15) is 41.5 Å². The molecule has 0 fully saturated rings. The molecule has 1 atom stereocenters. The van der Waals surface area contributed by atoms with Crippen molar-refractivity contribution in [2.45, 2.75) is 51.1 Å². The van der Waals surface area contributed by atoms with E-state index in [1.807, 2.05) is 0 Å². The van der Waals surface area contributed by atoms with Crippen molar-refractivity contribution in [2.75, 3.05) is 24.2 Å². The van der Waals surface area contributed by atoms with Crippen LogP contribution in [0, 0.1) is 0 Å². The van der Waals surface area contributed by atoms with Crippen LogP contribution in [-0.2, 0) is 36.7 Å². The van der Waals surface area contributed by atoms with Gasteiger partial charge in [-0.1, -0.05) is 12.6 Å². The number of hydrogen-bond donors (Lipinski definition) is 3. The lowest BCUT2D eigenvalue weighted by Gasteiger charge is -2.16. The highest BCUT2D eigenvalue weighted by Crippen LogP contribution is 2.38. The smallest absolute Gasteiger partial charge is 0.313 e. The fourth-order valence-electron chi connectivity index (χ4n) is 3.98. The molecule has 0 saturated heterocycles. The Bertz CT molecular complexity index is 792.